The van der Waals surface area contributed by atoms with Crippen molar-refractivity contribution in [2.45, 2.75) is 39.2 Å². The first-order valence-corrected chi connectivity index (χ1v) is 7.17. The largest absolute Gasteiger partial charge is 1.00 e. The van der Waals surface area contributed by atoms with Crippen LogP contribution in [0.1, 0.15) is 31.4 Å². The van der Waals surface area contributed by atoms with Crippen LogP contribution in [0.25, 0.3) is 0 Å². The Kier molecular flexibility index (Phi) is 7.02. The third kappa shape index (κ3) is 4.63. The smallest absolute Gasteiger partial charge is 0.308 e. The lowest BCUT2D eigenvalue weighted by atomic mass is 9.80. The van der Waals surface area contributed by atoms with Crippen molar-refractivity contribution < 1.29 is 35.9 Å². The minimum Gasteiger partial charge on any atom is -1.00 e. The molecule has 0 aliphatic heterocycles. The van der Waals surface area contributed by atoms with Gasteiger partial charge in [0.15, 0.2) is 11.9 Å². The van der Waals surface area contributed by atoms with E-state index in [9.17, 15) is 9.59 Å². The van der Waals surface area contributed by atoms with Gasteiger partial charge in [-0.3, -0.25) is 9.59 Å². The molecule has 0 amide bonds. The second-order valence-corrected chi connectivity index (χ2v) is 5.51. The van der Waals surface area contributed by atoms with Crippen molar-refractivity contribution in [1.29, 1.82) is 0 Å². The summed E-state index contributed by atoms with van der Waals surface area (Å²) < 4.78 is 6.75. The Labute approximate surface area is 136 Å². The molecule has 0 spiro atoms. The number of hydrogen-bond acceptors (Lipinski definition) is 3. The summed E-state index contributed by atoms with van der Waals surface area (Å²) in [7, 11) is 1.42. The van der Waals surface area contributed by atoms with Gasteiger partial charge in [0.05, 0.1) is 13.0 Å². The van der Waals surface area contributed by atoms with Crippen molar-refractivity contribution in [3.05, 3.63) is 30.1 Å². The summed E-state index contributed by atoms with van der Waals surface area (Å²) in [5, 5.41) is 0. The number of carbonyl (C=O) groups excluding carboxylic acids is 2. The van der Waals surface area contributed by atoms with E-state index in [2.05, 4.69) is 0 Å². The number of methoxy groups -OCH3 is 1. The Hall–Kier alpha value is -1.23. The second-order valence-electron chi connectivity index (χ2n) is 5.51. The molecule has 1 aromatic heterocycles. The van der Waals surface area contributed by atoms with Crippen molar-refractivity contribution >= 4 is 11.8 Å². The number of halogens is 1. The zero-order valence-corrected chi connectivity index (χ0v) is 14.1. The molecule has 0 unspecified atom stereocenters. The number of pyridine rings is 1. The first-order valence-electron chi connectivity index (χ1n) is 7.17. The molecular weight excluding hydrogens is 334 g/mol. The maximum Gasteiger partial charge on any atom is 0.308 e. The summed E-state index contributed by atoms with van der Waals surface area (Å²) >= 11 is 0. The molecule has 1 saturated carbocycles. The summed E-state index contributed by atoms with van der Waals surface area (Å²) in [5.41, 5.74) is 1.09. The zero-order valence-electron chi connectivity index (χ0n) is 12.5. The van der Waals surface area contributed by atoms with Crippen LogP contribution >= 0.6 is 0 Å². The summed E-state index contributed by atoms with van der Waals surface area (Å²) in [6.07, 6.45) is 5.06. The second kappa shape index (κ2) is 8.27. The van der Waals surface area contributed by atoms with Crippen molar-refractivity contribution in [2.75, 3.05) is 7.11 Å². The van der Waals surface area contributed by atoms with Crippen molar-refractivity contribution in [3.63, 3.8) is 0 Å². The average molecular weight is 356 g/mol. The van der Waals surface area contributed by atoms with Gasteiger partial charge in [0.2, 0.25) is 12.3 Å². The number of Topliss-reactive ketones (excluding diaryl/α,β-unsaturated/α-hetero) is 1. The van der Waals surface area contributed by atoms with Gasteiger partial charge in [0.1, 0.15) is 0 Å². The van der Waals surface area contributed by atoms with Gasteiger partial charge in [-0.15, -0.1) is 0 Å². The number of hydrogen-bond donors (Lipinski definition) is 0. The maximum absolute atomic E-state index is 12.3. The van der Waals surface area contributed by atoms with E-state index in [1.165, 1.54) is 7.11 Å². The number of nitrogens with zero attached hydrogens (tertiary/aromatic N) is 1. The Morgan fingerprint density at radius 1 is 1.19 bits per heavy atom. The van der Waals surface area contributed by atoms with Crippen LogP contribution in [0, 0.1) is 18.8 Å². The Balaban J connectivity index is 0.00000220. The Bertz CT molecular complexity index is 496. The normalized spacial score (nSPS) is 21.2. The number of esters is 1. The molecule has 4 nitrogen and oxygen atoms in total. The first kappa shape index (κ1) is 17.8. The van der Waals surface area contributed by atoms with E-state index in [4.69, 9.17) is 4.74 Å². The third-order valence-electron chi connectivity index (χ3n) is 4.21. The number of carbonyl (C=O) groups is 2. The van der Waals surface area contributed by atoms with E-state index in [0.717, 1.165) is 31.4 Å². The fourth-order valence-corrected chi connectivity index (χ4v) is 2.85. The van der Waals surface area contributed by atoms with Crippen molar-refractivity contribution in [3.8, 4) is 0 Å². The van der Waals surface area contributed by atoms with Gasteiger partial charge >= 0.3 is 5.97 Å². The van der Waals surface area contributed by atoms with Crippen LogP contribution < -0.4 is 21.5 Å². The van der Waals surface area contributed by atoms with Crippen LogP contribution in [0.3, 0.4) is 0 Å². The zero-order chi connectivity index (χ0) is 14.5. The highest BCUT2D eigenvalue weighted by Crippen LogP contribution is 2.30. The molecule has 0 atom stereocenters. The topological polar surface area (TPSA) is 47.3 Å². The molecule has 1 fully saturated rings. The van der Waals surface area contributed by atoms with Gasteiger partial charge in [0.25, 0.3) is 0 Å². The summed E-state index contributed by atoms with van der Waals surface area (Å²) in [5.74, 6) is 0.204. The van der Waals surface area contributed by atoms with E-state index in [1.54, 1.807) is 0 Å². The molecule has 0 aromatic carbocycles. The fourth-order valence-electron chi connectivity index (χ4n) is 2.85. The van der Waals surface area contributed by atoms with Crippen LogP contribution in [0.4, 0.5) is 0 Å². The molecule has 5 heteroatoms. The highest BCUT2D eigenvalue weighted by atomic mass is 79.9. The monoisotopic (exact) mass is 355 g/mol. The third-order valence-corrected chi connectivity index (χ3v) is 4.21. The van der Waals surface area contributed by atoms with E-state index < -0.39 is 0 Å². The lowest BCUT2D eigenvalue weighted by Gasteiger charge is -2.25. The predicted octanol–water partition coefficient (Wildman–Crippen LogP) is -1.16. The molecule has 2 rings (SSSR count). The van der Waals surface area contributed by atoms with Crippen LogP contribution in [0.5, 0.6) is 0 Å². The SMILES string of the molecule is COC(=O)[C@H]1CC[C@H](C(=O)C[n+]2ccccc2C)CC1.[Br-]. The Morgan fingerprint density at radius 3 is 2.38 bits per heavy atom. The summed E-state index contributed by atoms with van der Waals surface area (Å²) in [6.45, 7) is 2.43. The summed E-state index contributed by atoms with van der Waals surface area (Å²) in [6, 6.07) is 5.91. The van der Waals surface area contributed by atoms with E-state index in [0.29, 0.717) is 6.54 Å². The molecule has 1 heterocycles. The van der Waals surface area contributed by atoms with Crippen LogP contribution in [0.15, 0.2) is 24.4 Å². The molecular formula is C16H22BrNO3. The highest BCUT2D eigenvalue weighted by molar-refractivity contribution is 5.80. The fraction of sp³-hybridized carbons (Fsp3) is 0.562. The maximum atomic E-state index is 12.3. The average Bonchev–Trinajstić information content (AvgIpc) is 2.49. The number of aromatic nitrogens is 1. The molecule has 0 radical (unpaired) electrons. The molecule has 21 heavy (non-hydrogen) atoms. The van der Waals surface area contributed by atoms with Crippen LogP contribution in [-0.4, -0.2) is 18.9 Å². The summed E-state index contributed by atoms with van der Waals surface area (Å²) in [4.78, 5) is 23.8. The van der Waals surface area contributed by atoms with Crippen LogP contribution in [0.2, 0.25) is 0 Å². The van der Waals surface area contributed by atoms with Gasteiger partial charge in [-0.1, -0.05) is 6.07 Å². The molecule has 0 saturated heterocycles. The minimum atomic E-state index is -0.135. The number of ether oxygens (including phenoxy) is 1. The van der Waals surface area contributed by atoms with Crippen molar-refractivity contribution in [1.82, 2.24) is 0 Å². The van der Waals surface area contributed by atoms with Gasteiger partial charge < -0.3 is 21.7 Å². The highest BCUT2D eigenvalue weighted by Gasteiger charge is 2.31. The minimum absolute atomic E-state index is 0. The first-order chi connectivity index (χ1) is 9.61. The predicted molar refractivity (Wildman–Crippen MR) is 73.8 cm³/mol. The van der Waals surface area contributed by atoms with Crippen molar-refractivity contribution in [2.24, 2.45) is 11.8 Å². The lowest BCUT2D eigenvalue weighted by Crippen LogP contribution is -3.00. The van der Waals surface area contributed by atoms with Gasteiger partial charge in [-0.05, 0) is 25.7 Å². The van der Waals surface area contributed by atoms with E-state index in [1.807, 2.05) is 35.9 Å². The van der Waals surface area contributed by atoms with Gasteiger partial charge in [-0.25, -0.2) is 0 Å². The number of aryl methyl sites for hydroxylation is 1. The van der Waals surface area contributed by atoms with Crippen LogP contribution in [-0.2, 0) is 20.9 Å². The number of rotatable bonds is 4. The van der Waals surface area contributed by atoms with Gasteiger partial charge in [-0.2, -0.15) is 4.57 Å². The lowest BCUT2D eigenvalue weighted by molar-refractivity contribution is -0.690. The quantitative estimate of drug-likeness (QED) is 0.505. The molecule has 1 aliphatic carbocycles. The Morgan fingerprint density at radius 2 is 1.81 bits per heavy atom. The number of ketones is 1. The molecule has 0 bridgehead atoms. The van der Waals surface area contributed by atoms with Gasteiger partial charge in [0, 0.05) is 25.0 Å². The van der Waals surface area contributed by atoms with E-state index in [-0.39, 0.29) is 40.6 Å². The van der Waals surface area contributed by atoms with E-state index >= 15 is 0 Å². The molecule has 116 valence electrons. The standard InChI is InChI=1S/C16H22NO3.BrH/c1-12-5-3-4-10-17(12)11-15(18)13-6-8-14(9-7-13)16(19)20-2;/h3-5,10,13-14H,6-9,11H2,1-2H3;1H/q+1;/p-1/t13-,14-;. The molecule has 0 N–H and O–H groups in total. The molecule has 1 aromatic rings. The molecule has 1 aliphatic rings.